The van der Waals surface area contributed by atoms with E-state index in [1.165, 1.54) is 0 Å². The molecule has 0 aromatic carbocycles. The van der Waals surface area contributed by atoms with Gasteiger partial charge in [0, 0.05) is 13.1 Å². The van der Waals surface area contributed by atoms with E-state index in [9.17, 15) is 22.8 Å². The van der Waals surface area contributed by atoms with E-state index in [0.29, 0.717) is 11.3 Å². The van der Waals surface area contributed by atoms with Crippen molar-refractivity contribution in [3.63, 3.8) is 0 Å². The number of carboxylic acids is 1. The van der Waals surface area contributed by atoms with Crippen LogP contribution in [0.5, 0.6) is 0 Å². The molecule has 0 saturated carbocycles. The molecule has 1 N–H and O–H groups in total. The topological polar surface area (TPSA) is 70.5 Å². The standard InChI is InChI=1S/C11H11F3N2O3S/c1-5-2-16(3-6(5)10(18)19)9(17)7-8(11(12,13)14)20-4-15-7/h4-6H,2-3H2,1H3,(H,18,19)/t5-,6-/m1/s1. The van der Waals surface area contributed by atoms with Crippen molar-refractivity contribution in [2.45, 2.75) is 13.1 Å². The molecule has 1 saturated heterocycles. The molecular weight excluding hydrogens is 297 g/mol. The lowest BCUT2D eigenvalue weighted by Gasteiger charge is -2.15. The lowest BCUT2D eigenvalue weighted by atomic mass is 9.99. The highest BCUT2D eigenvalue weighted by Gasteiger charge is 2.42. The summed E-state index contributed by atoms with van der Waals surface area (Å²) in [5, 5.41) is 8.97. The smallest absolute Gasteiger partial charge is 0.427 e. The molecule has 1 aliphatic rings. The molecule has 9 heteroatoms. The highest BCUT2D eigenvalue weighted by atomic mass is 32.1. The molecule has 1 fully saturated rings. The number of hydrogen-bond acceptors (Lipinski definition) is 4. The number of hydrogen-bond donors (Lipinski definition) is 1. The number of nitrogens with zero attached hydrogens (tertiary/aromatic N) is 2. The maximum atomic E-state index is 12.7. The molecule has 1 aromatic heterocycles. The van der Waals surface area contributed by atoms with Crippen LogP contribution in [0.2, 0.25) is 0 Å². The number of aromatic nitrogens is 1. The molecule has 2 rings (SSSR count). The van der Waals surface area contributed by atoms with Gasteiger partial charge in [-0.15, -0.1) is 11.3 Å². The number of thiazole rings is 1. The molecule has 110 valence electrons. The van der Waals surface area contributed by atoms with E-state index < -0.39 is 34.5 Å². The zero-order valence-corrected chi connectivity index (χ0v) is 11.2. The Morgan fingerprint density at radius 3 is 2.60 bits per heavy atom. The fourth-order valence-electron chi connectivity index (χ4n) is 2.20. The van der Waals surface area contributed by atoms with E-state index >= 15 is 0 Å². The summed E-state index contributed by atoms with van der Waals surface area (Å²) in [7, 11) is 0. The summed E-state index contributed by atoms with van der Waals surface area (Å²) in [6.45, 7) is 1.67. The van der Waals surface area contributed by atoms with E-state index in [2.05, 4.69) is 4.98 Å². The van der Waals surface area contributed by atoms with Crippen LogP contribution in [0.1, 0.15) is 22.3 Å². The quantitative estimate of drug-likeness (QED) is 0.906. The Labute approximate surface area is 116 Å². The number of halogens is 3. The molecular formula is C11H11F3N2O3S. The Morgan fingerprint density at radius 2 is 2.10 bits per heavy atom. The van der Waals surface area contributed by atoms with Crippen LogP contribution in [0.3, 0.4) is 0 Å². The van der Waals surface area contributed by atoms with E-state index in [1.54, 1.807) is 6.92 Å². The molecule has 1 amide bonds. The van der Waals surface area contributed by atoms with Gasteiger partial charge in [-0.1, -0.05) is 6.92 Å². The Hall–Kier alpha value is -1.64. The second kappa shape index (κ2) is 5.04. The average Bonchev–Trinajstić information content (AvgIpc) is 2.92. The van der Waals surface area contributed by atoms with Gasteiger partial charge < -0.3 is 10.0 Å². The number of carboxylic acid groups (broad SMARTS) is 1. The van der Waals surface area contributed by atoms with Crippen LogP contribution in [0, 0.1) is 11.8 Å². The summed E-state index contributed by atoms with van der Waals surface area (Å²) in [6, 6.07) is 0. The Bertz CT molecular complexity index is 543. The monoisotopic (exact) mass is 308 g/mol. The first-order valence-electron chi connectivity index (χ1n) is 5.74. The van der Waals surface area contributed by atoms with Crippen molar-refractivity contribution >= 4 is 23.2 Å². The first kappa shape index (κ1) is 14.8. The predicted molar refractivity (Wildman–Crippen MR) is 63.3 cm³/mol. The van der Waals surface area contributed by atoms with Crippen molar-refractivity contribution in [1.82, 2.24) is 9.88 Å². The average molecular weight is 308 g/mol. The fourth-order valence-corrected chi connectivity index (χ4v) is 2.85. The van der Waals surface area contributed by atoms with Gasteiger partial charge in [0.25, 0.3) is 5.91 Å². The largest absolute Gasteiger partial charge is 0.481 e. The van der Waals surface area contributed by atoms with E-state index in [1.807, 2.05) is 0 Å². The summed E-state index contributed by atoms with van der Waals surface area (Å²) in [5.41, 5.74) is 0.310. The van der Waals surface area contributed by atoms with E-state index in [4.69, 9.17) is 5.11 Å². The Morgan fingerprint density at radius 1 is 1.45 bits per heavy atom. The van der Waals surface area contributed by atoms with Crippen LogP contribution < -0.4 is 0 Å². The van der Waals surface area contributed by atoms with Gasteiger partial charge in [-0.3, -0.25) is 9.59 Å². The number of amides is 1. The molecule has 2 heterocycles. The summed E-state index contributed by atoms with van der Waals surface area (Å²) in [4.78, 5) is 26.6. The third-order valence-corrected chi connectivity index (χ3v) is 4.12. The van der Waals surface area contributed by atoms with Gasteiger partial charge in [-0.2, -0.15) is 13.2 Å². The van der Waals surface area contributed by atoms with Crippen LogP contribution in [0.4, 0.5) is 13.2 Å². The van der Waals surface area contributed by atoms with Gasteiger partial charge in [-0.25, -0.2) is 4.98 Å². The molecule has 0 aliphatic carbocycles. The lowest BCUT2D eigenvalue weighted by molar-refractivity contribution is -0.142. The maximum Gasteiger partial charge on any atom is 0.427 e. The third-order valence-electron chi connectivity index (χ3n) is 3.24. The fraction of sp³-hybridized carbons (Fsp3) is 0.545. The van der Waals surface area contributed by atoms with Crippen LogP contribution in [0.15, 0.2) is 5.51 Å². The van der Waals surface area contributed by atoms with Crippen molar-refractivity contribution in [2.24, 2.45) is 11.8 Å². The van der Waals surface area contributed by atoms with E-state index in [0.717, 1.165) is 10.4 Å². The predicted octanol–water partition coefficient (Wildman–Crippen LogP) is 1.95. The zero-order chi connectivity index (χ0) is 15.1. The van der Waals surface area contributed by atoms with E-state index in [-0.39, 0.29) is 19.0 Å². The van der Waals surface area contributed by atoms with Crippen LogP contribution in [-0.2, 0) is 11.0 Å². The first-order chi connectivity index (χ1) is 9.21. The van der Waals surface area contributed by atoms with Gasteiger partial charge in [0.15, 0.2) is 5.69 Å². The minimum Gasteiger partial charge on any atom is -0.481 e. The van der Waals surface area contributed by atoms with Crippen LogP contribution >= 0.6 is 11.3 Å². The first-order valence-corrected chi connectivity index (χ1v) is 6.62. The zero-order valence-electron chi connectivity index (χ0n) is 10.3. The van der Waals surface area contributed by atoms with Crippen molar-refractivity contribution in [2.75, 3.05) is 13.1 Å². The molecule has 0 unspecified atom stereocenters. The summed E-state index contributed by atoms with van der Waals surface area (Å²) < 4.78 is 38.1. The minimum atomic E-state index is -4.64. The SMILES string of the molecule is C[C@@H]1CN(C(=O)c2ncsc2C(F)(F)F)C[C@H]1C(=O)O. The number of rotatable bonds is 2. The molecule has 0 radical (unpaired) electrons. The minimum absolute atomic E-state index is 0.0931. The molecule has 0 spiro atoms. The number of carbonyl (C=O) groups excluding carboxylic acids is 1. The number of carbonyl (C=O) groups is 2. The van der Waals surface area contributed by atoms with Gasteiger partial charge in [-0.05, 0) is 5.92 Å². The molecule has 0 bridgehead atoms. The van der Waals surface area contributed by atoms with Gasteiger partial charge in [0.2, 0.25) is 0 Å². The third kappa shape index (κ3) is 2.62. The molecule has 1 aliphatic heterocycles. The van der Waals surface area contributed by atoms with Gasteiger partial charge in [0.05, 0.1) is 11.4 Å². The molecule has 20 heavy (non-hydrogen) atoms. The molecule has 1 aromatic rings. The number of alkyl halides is 3. The summed E-state index contributed by atoms with van der Waals surface area (Å²) in [6.07, 6.45) is -4.64. The van der Waals surface area contributed by atoms with Crippen molar-refractivity contribution in [3.05, 3.63) is 16.1 Å². The van der Waals surface area contributed by atoms with Crippen LogP contribution in [-0.4, -0.2) is 40.0 Å². The van der Waals surface area contributed by atoms with Crippen molar-refractivity contribution in [3.8, 4) is 0 Å². The summed E-state index contributed by atoms with van der Waals surface area (Å²) >= 11 is 0.352. The maximum absolute atomic E-state index is 12.7. The van der Waals surface area contributed by atoms with Crippen LogP contribution in [0.25, 0.3) is 0 Å². The van der Waals surface area contributed by atoms with Crippen molar-refractivity contribution < 1.29 is 27.9 Å². The number of likely N-dealkylation sites (tertiary alicyclic amines) is 1. The Kier molecular flexibility index (Phi) is 3.72. The Balaban J connectivity index is 2.22. The second-order valence-corrected chi connectivity index (χ2v) is 5.51. The number of aliphatic carboxylic acids is 1. The highest BCUT2D eigenvalue weighted by molar-refractivity contribution is 7.10. The highest BCUT2D eigenvalue weighted by Crippen LogP contribution is 2.36. The van der Waals surface area contributed by atoms with Gasteiger partial charge in [0.1, 0.15) is 4.88 Å². The lowest BCUT2D eigenvalue weighted by Crippen LogP contribution is -2.31. The molecule has 5 nitrogen and oxygen atoms in total. The summed E-state index contributed by atoms with van der Waals surface area (Å²) in [5.74, 6) is -2.98. The normalized spacial score (nSPS) is 23.1. The second-order valence-electron chi connectivity index (χ2n) is 4.66. The molecule has 2 atom stereocenters. The van der Waals surface area contributed by atoms with Gasteiger partial charge >= 0.3 is 12.1 Å². The van der Waals surface area contributed by atoms with Crippen molar-refractivity contribution in [1.29, 1.82) is 0 Å².